The predicted molar refractivity (Wildman–Crippen MR) is 74.1 cm³/mol. The summed E-state index contributed by atoms with van der Waals surface area (Å²) in [4.78, 5) is 3.95. The van der Waals surface area contributed by atoms with E-state index in [-0.39, 0.29) is 5.15 Å². The Hall–Kier alpha value is -0.670. The smallest absolute Gasteiger partial charge is 0.151 e. The molecule has 0 fully saturated rings. The topological polar surface area (TPSA) is 38.9 Å². The highest BCUT2D eigenvalue weighted by atomic mass is 35.5. The third kappa shape index (κ3) is 2.61. The van der Waals surface area contributed by atoms with E-state index >= 15 is 0 Å². The van der Waals surface area contributed by atoms with Crippen LogP contribution in [0.3, 0.4) is 0 Å². The standard InChI is InChI=1S/C11H6Cl4N2/c12-6-2-7(13)10(8(14)3-6)5-1-9(16)11(15)17-4-5/h1-4H,16H2. The first-order chi connectivity index (χ1) is 7.99. The molecule has 0 aliphatic heterocycles. The molecule has 0 radical (unpaired) electrons. The average Bonchev–Trinajstić information content (AvgIpc) is 2.21. The number of aromatic nitrogens is 1. The summed E-state index contributed by atoms with van der Waals surface area (Å²) in [5, 5.41) is 1.59. The maximum absolute atomic E-state index is 6.09. The number of nitrogens with zero attached hydrogens (tertiary/aromatic N) is 1. The Bertz CT molecular complexity index is 561. The molecule has 0 unspecified atom stereocenters. The van der Waals surface area contributed by atoms with Gasteiger partial charge in [0.15, 0.2) is 5.15 Å². The van der Waals surface area contributed by atoms with E-state index in [1.54, 1.807) is 24.4 Å². The minimum atomic E-state index is 0.245. The van der Waals surface area contributed by atoms with Crippen molar-refractivity contribution in [3.63, 3.8) is 0 Å². The molecule has 0 aliphatic rings. The van der Waals surface area contributed by atoms with Gasteiger partial charge >= 0.3 is 0 Å². The number of rotatable bonds is 1. The van der Waals surface area contributed by atoms with Crippen LogP contribution in [0.2, 0.25) is 20.2 Å². The lowest BCUT2D eigenvalue weighted by molar-refractivity contribution is 1.33. The Balaban J connectivity index is 2.64. The summed E-state index contributed by atoms with van der Waals surface area (Å²) in [7, 11) is 0. The molecule has 0 atom stereocenters. The zero-order valence-electron chi connectivity index (χ0n) is 8.35. The molecule has 88 valence electrons. The summed E-state index contributed by atoms with van der Waals surface area (Å²) < 4.78 is 0. The minimum Gasteiger partial charge on any atom is -0.396 e. The Morgan fingerprint density at radius 2 is 1.53 bits per heavy atom. The van der Waals surface area contributed by atoms with Gasteiger partial charge in [0.1, 0.15) is 0 Å². The Morgan fingerprint density at radius 3 is 2.06 bits per heavy atom. The highest BCUT2D eigenvalue weighted by Gasteiger charge is 2.11. The van der Waals surface area contributed by atoms with Gasteiger partial charge in [0.05, 0.1) is 15.7 Å². The van der Waals surface area contributed by atoms with E-state index in [0.29, 0.717) is 31.9 Å². The summed E-state index contributed by atoms with van der Waals surface area (Å²) >= 11 is 23.8. The van der Waals surface area contributed by atoms with Gasteiger partial charge in [-0.2, -0.15) is 0 Å². The van der Waals surface area contributed by atoms with Crippen molar-refractivity contribution in [2.24, 2.45) is 0 Å². The molecule has 6 heteroatoms. The first kappa shape index (κ1) is 12.8. The second kappa shape index (κ2) is 4.91. The number of pyridine rings is 1. The molecule has 1 aromatic carbocycles. The van der Waals surface area contributed by atoms with Crippen molar-refractivity contribution < 1.29 is 0 Å². The number of hydrogen-bond acceptors (Lipinski definition) is 2. The molecule has 0 aliphatic carbocycles. The van der Waals surface area contributed by atoms with Crippen LogP contribution in [-0.2, 0) is 0 Å². The number of anilines is 1. The van der Waals surface area contributed by atoms with Crippen molar-refractivity contribution >= 4 is 52.1 Å². The Morgan fingerprint density at radius 1 is 0.941 bits per heavy atom. The molecule has 0 spiro atoms. The fraction of sp³-hybridized carbons (Fsp3) is 0. The quantitative estimate of drug-likeness (QED) is 0.757. The molecular weight excluding hydrogens is 302 g/mol. The summed E-state index contributed by atoms with van der Waals surface area (Å²) in [6.45, 7) is 0. The van der Waals surface area contributed by atoms with Crippen LogP contribution in [0.1, 0.15) is 0 Å². The van der Waals surface area contributed by atoms with Crippen molar-refractivity contribution in [3.8, 4) is 11.1 Å². The number of nitrogens with two attached hydrogens (primary N) is 1. The molecule has 17 heavy (non-hydrogen) atoms. The molecule has 0 saturated carbocycles. The van der Waals surface area contributed by atoms with Crippen LogP contribution in [0.4, 0.5) is 5.69 Å². The second-order valence-corrected chi connectivity index (χ2v) is 4.96. The molecule has 2 aromatic rings. The lowest BCUT2D eigenvalue weighted by Crippen LogP contribution is -1.91. The zero-order chi connectivity index (χ0) is 12.6. The van der Waals surface area contributed by atoms with Crippen LogP contribution >= 0.6 is 46.4 Å². The molecule has 1 heterocycles. The van der Waals surface area contributed by atoms with Gasteiger partial charge in [0.2, 0.25) is 0 Å². The van der Waals surface area contributed by atoms with Gasteiger partial charge < -0.3 is 5.73 Å². The largest absolute Gasteiger partial charge is 0.396 e. The van der Waals surface area contributed by atoms with Crippen LogP contribution in [0.25, 0.3) is 11.1 Å². The normalized spacial score (nSPS) is 10.6. The van der Waals surface area contributed by atoms with Crippen molar-refractivity contribution in [1.82, 2.24) is 4.98 Å². The third-order valence-electron chi connectivity index (χ3n) is 2.16. The van der Waals surface area contributed by atoms with Crippen molar-refractivity contribution in [1.29, 1.82) is 0 Å². The zero-order valence-corrected chi connectivity index (χ0v) is 11.4. The van der Waals surface area contributed by atoms with E-state index in [1.165, 1.54) is 0 Å². The van der Waals surface area contributed by atoms with Crippen molar-refractivity contribution in [3.05, 3.63) is 44.6 Å². The highest BCUT2D eigenvalue weighted by Crippen LogP contribution is 2.38. The average molecular weight is 308 g/mol. The molecule has 0 amide bonds. The maximum Gasteiger partial charge on any atom is 0.151 e. The number of halogens is 4. The Labute approximate surface area is 118 Å². The third-order valence-corrected chi connectivity index (χ3v) is 3.29. The van der Waals surface area contributed by atoms with Crippen LogP contribution in [0.15, 0.2) is 24.4 Å². The van der Waals surface area contributed by atoms with Gasteiger partial charge in [0, 0.05) is 22.3 Å². The highest BCUT2D eigenvalue weighted by molar-refractivity contribution is 6.41. The minimum absolute atomic E-state index is 0.245. The van der Waals surface area contributed by atoms with Gasteiger partial charge in [-0.3, -0.25) is 0 Å². The lowest BCUT2D eigenvalue weighted by Gasteiger charge is -2.08. The fourth-order valence-corrected chi connectivity index (χ4v) is 2.56. The predicted octanol–water partition coefficient (Wildman–Crippen LogP) is 4.94. The van der Waals surface area contributed by atoms with Crippen molar-refractivity contribution in [2.45, 2.75) is 0 Å². The molecule has 2 rings (SSSR count). The summed E-state index contributed by atoms with van der Waals surface area (Å²) in [6.07, 6.45) is 1.56. The SMILES string of the molecule is Nc1cc(-c2c(Cl)cc(Cl)cc2Cl)cnc1Cl. The van der Waals surface area contributed by atoms with Gasteiger partial charge in [0.25, 0.3) is 0 Å². The van der Waals surface area contributed by atoms with Gasteiger partial charge in [-0.1, -0.05) is 46.4 Å². The van der Waals surface area contributed by atoms with Gasteiger partial charge in [-0.05, 0) is 18.2 Å². The molecule has 2 N–H and O–H groups in total. The molecule has 0 saturated heterocycles. The summed E-state index contributed by atoms with van der Waals surface area (Å²) in [6, 6.07) is 4.88. The maximum atomic E-state index is 6.09. The molecular formula is C11H6Cl4N2. The Kier molecular flexibility index (Phi) is 3.69. The first-order valence-corrected chi connectivity index (χ1v) is 6.06. The van der Waals surface area contributed by atoms with Crippen LogP contribution < -0.4 is 5.73 Å². The van der Waals surface area contributed by atoms with Crippen molar-refractivity contribution in [2.75, 3.05) is 5.73 Å². The molecule has 1 aromatic heterocycles. The summed E-state index contributed by atoms with van der Waals surface area (Å²) in [5.41, 5.74) is 7.37. The number of nitrogen functional groups attached to an aromatic ring is 1. The van der Waals surface area contributed by atoms with Gasteiger partial charge in [-0.25, -0.2) is 4.98 Å². The van der Waals surface area contributed by atoms with E-state index in [9.17, 15) is 0 Å². The fourth-order valence-electron chi connectivity index (χ4n) is 1.42. The number of benzene rings is 1. The second-order valence-electron chi connectivity index (χ2n) is 3.35. The van der Waals surface area contributed by atoms with Crippen LogP contribution in [-0.4, -0.2) is 4.98 Å². The van der Waals surface area contributed by atoms with Crippen LogP contribution in [0.5, 0.6) is 0 Å². The first-order valence-electron chi connectivity index (χ1n) is 4.55. The molecule has 0 bridgehead atoms. The lowest BCUT2D eigenvalue weighted by atomic mass is 10.1. The number of hydrogen-bond donors (Lipinski definition) is 1. The monoisotopic (exact) mass is 306 g/mol. The van der Waals surface area contributed by atoms with E-state index in [4.69, 9.17) is 52.1 Å². The van der Waals surface area contributed by atoms with E-state index in [0.717, 1.165) is 0 Å². The van der Waals surface area contributed by atoms with Gasteiger partial charge in [-0.15, -0.1) is 0 Å². The molecule has 2 nitrogen and oxygen atoms in total. The van der Waals surface area contributed by atoms with E-state index in [2.05, 4.69) is 4.98 Å². The summed E-state index contributed by atoms with van der Waals surface area (Å²) in [5.74, 6) is 0. The van der Waals surface area contributed by atoms with E-state index in [1.807, 2.05) is 0 Å². The van der Waals surface area contributed by atoms with Crippen LogP contribution in [0, 0.1) is 0 Å². The van der Waals surface area contributed by atoms with E-state index < -0.39 is 0 Å².